The number of piperidine rings is 1. The Labute approximate surface area is 161 Å². The minimum absolute atomic E-state index is 0. The van der Waals surface area contributed by atoms with Gasteiger partial charge in [-0.25, -0.2) is 4.79 Å². The van der Waals surface area contributed by atoms with Crippen LogP contribution in [0, 0.1) is 5.92 Å². The Hall–Kier alpha value is -1.79. The van der Waals surface area contributed by atoms with Gasteiger partial charge in [0.15, 0.2) is 0 Å². The summed E-state index contributed by atoms with van der Waals surface area (Å²) in [5, 5.41) is 6.32. The number of nitrogens with one attached hydrogen (secondary N) is 2. The first-order valence-electron chi connectivity index (χ1n) is 9.21. The summed E-state index contributed by atoms with van der Waals surface area (Å²) in [6.07, 6.45) is 1.73. The van der Waals surface area contributed by atoms with E-state index in [1.165, 1.54) is 0 Å². The summed E-state index contributed by atoms with van der Waals surface area (Å²) >= 11 is 0. The van der Waals surface area contributed by atoms with Crippen molar-refractivity contribution >= 4 is 30.0 Å². The molecule has 1 aromatic rings. The van der Waals surface area contributed by atoms with E-state index in [1.54, 1.807) is 4.90 Å². The first-order chi connectivity index (χ1) is 12.1. The van der Waals surface area contributed by atoms with Gasteiger partial charge >= 0.3 is 6.03 Å². The summed E-state index contributed by atoms with van der Waals surface area (Å²) in [7, 11) is 0. The van der Waals surface area contributed by atoms with E-state index in [1.807, 2.05) is 35.2 Å². The summed E-state index contributed by atoms with van der Waals surface area (Å²) in [5.41, 5.74) is 0.783. The van der Waals surface area contributed by atoms with Crippen molar-refractivity contribution in [1.29, 1.82) is 0 Å². The molecule has 144 valence electrons. The van der Waals surface area contributed by atoms with Gasteiger partial charge in [-0.15, -0.1) is 12.4 Å². The molecule has 0 saturated carbocycles. The molecule has 2 fully saturated rings. The third kappa shape index (κ3) is 4.68. The number of nitrogens with zero attached hydrogens (tertiary/aromatic N) is 2. The molecule has 3 amide bonds. The lowest BCUT2D eigenvalue weighted by Crippen LogP contribution is -2.59. The highest BCUT2D eigenvalue weighted by Gasteiger charge is 2.35. The topological polar surface area (TPSA) is 64.7 Å². The molecule has 2 aliphatic rings. The number of likely N-dealkylation sites (tertiary alicyclic amines) is 1. The van der Waals surface area contributed by atoms with E-state index in [2.05, 4.69) is 24.5 Å². The molecule has 3 unspecified atom stereocenters. The Balaban J connectivity index is 0.00000243. The fourth-order valence-electron chi connectivity index (χ4n) is 3.69. The zero-order chi connectivity index (χ0) is 17.8. The highest BCUT2D eigenvalue weighted by Crippen LogP contribution is 2.22. The Morgan fingerprint density at radius 1 is 1.15 bits per heavy atom. The predicted octanol–water partition coefficient (Wildman–Crippen LogP) is 2.56. The minimum Gasteiger partial charge on any atom is -0.337 e. The van der Waals surface area contributed by atoms with E-state index >= 15 is 0 Å². The van der Waals surface area contributed by atoms with Crippen molar-refractivity contribution in [2.45, 2.75) is 38.8 Å². The molecule has 6 nitrogen and oxygen atoms in total. The predicted molar refractivity (Wildman–Crippen MR) is 106 cm³/mol. The van der Waals surface area contributed by atoms with Gasteiger partial charge < -0.3 is 20.4 Å². The zero-order valence-electron chi connectivity index (χ0n) is 15.5. The quantitative estimate of drug-likeness (QED) is 0.828. The Kier molecular flexibility index (Phi) is 7.29. The molecule has 7 heteroatoms. The molecule has 3 atom stereocenters. The van der Waals surface area contributed by atoms with E-state index in [-0.39, 0.29) is 36.3 Å². The standard InChI is InChI=1S/C19H28N4O2.ClH/c1-14-15(2)23(12-10-20-14)18(24)16-7-6-11-22(13-16)19(25)21-17-8-4-3-5-9-17;/h3-5,8-9,14-16,20H,6-7,10-13H2,1-2H3,(H,21,25);1H. The normalized spacial score (nSPS) is 26.0. The lowest BCUT2D eigenvalue weighted by atomic mass is 9.95. The van der Waals surface area contributed by atoms with Gasteiger partial charge in [-0.05, 0) is 38.8 Å². The highest BCUT2D eigenvalue weighted by atomic mass is 35.5. The van der Waals surface area contributed by atoms with Crippen LogP contribution in [-0.4, -0.2) is 60.0 Å². The van der Waals surface area contributed by atoms with Crippen molar-refractivity contribution in [3.8, 4) is 0 Å². The molecule has 26 heavy (non-hydrogen) atoms. The molecule has 3 rings (SSSR count). The highest BCUT2D eigenvalue weighted by molar-refractivity contribution is 5.90. The fourth-order valence-corrected chi connectivity index (χ4v) is 3.69. The second-order valence-corrected chi connectivity index (χ2v) is 7.10. The summed E-state index contributed by atoms with van der Waals surface area (Å²) in [6.45, 7) is 7.00. The smallest absolute Gasteiger partial charge is 0.321 e. The number of halogens is 1. The summed E-state index contributed by atoms with van der Waals surface area (Å²) in [6, 6.07) is 9.82. The van der Waals surface area contributed by atoms with Gasteiger partial charge in [0.1, 0.15) is 0 Å². The maximum Gasteiger partial charge on any atom is 0.321 e. The van der Waals surface area contributed by atoms with Gasteiger partial charge in [0.2, 0.25) is 5.91 Å². The Morgan fingerprint density at radius 3 is 2.62 bits per heavy atom. The number of benzene rings is 1. The number of anilines is 1. The molecule has 0 aliphatic carbocycles. The van der Waals surface area contributed by atoms with Gasteiger partial charge in [-0.1, -0.05) is 18.2 Å². The molecule has 2 aliphatic heterocycles. The number of carbonyl (C=O) groups is 2. The van der Waals surface area contributed by atoms with Crippen LogP contribution >= 0.6 is 12.4 Å². The van der Waals surface area contributed by atoms with Crippen molar-refractivity contribution in [1.82, 2.24) is 15.1 Å². The molecule has 2 saturated heterocycles. The summed E-state index contributed by atoms with van der Waals surface area (Å²) < 4.78 is 0. The zero-order valence-corrected chi connectivity index (χ0v) is 16.3. The largest absolute Gasteiger partial charge is 0.337 e. The van der Waals surface area contributed by atoms with E-state index in [9.17, 15) is 9.59 Å². The fraction of sp³-hybridized carbons (Fsp3) is 0.579. The number of urea groups is 1. The van der Waals surface area contributed by atoms with E-state index in [0.29, 0.717) is 19.1 Å². The van der Waals surface area contributed by atoms with Gasteiger partial charge in [0, 0.05) is 44.0 Å². The maximum atomic E-state index is 13.0. The SMILES string of the molecule is CC1NCCN(C(=O)C2CCCN(C(=O)Nc3ccccc3)C2)C1C.Cl. The molecule has 0 bridgehead atoms. The van der Waals surface area contributed by atoms with Crippen LogP contribution in [0.1, 0.15) is 26.7 Å². The molecule has 2 N–H and O–H groups in total. The molecule has 0 aromatic heterocycles. The number of amides is 3. The van der Waals surface area contributed by atoms with E-state index in [0.717, 1.165) is 31.6 Å². The van der Waals surface area contributed by atoms with Gasteiger partial charge in [0.25, 0.3) is 0 Å². The average Bonchev–Trinajstić information content (AvgIpc) is 2.64. The lowest BCUT2D eigenvalue weighted by molar-refractivity contribution is -0.140. The molecular formula is C19H29ClN4O2. The average molecular weight is 381 g/mol. The van der Waals surface area contributed by atoms with Crippen LogP contribution < -0.4 is 10.6 Å². The molecule has 2 heterocycles. The van der Waals surface area contributed by atoms with Crippen LogP contribution in [0.25, 0.3) is 0 Å². The number of hydrogen-bond acceptors (Lipinski definition) is 3. The van der Waals surface area contributed by atoms with Crippen molar-refractivity contribution in [3.63, 3.8) is 0 Å². The van der Waals surface area contributed by atoms with Crippen LogP contribution in [0.4, 0.5) is 10.5 Å². The van der Waals surface area contributed by atoms with Crippen LogP contribution in [0.15, 0.2) is 30.3 Å². The van der Waals surface area contributed by atoms with Crippen LogP contribution in [-0.2, 0) is 4.79 Å². The van der Waals surface area contributed by atoms with Crippen molar-refractivity contribution in [2.75, 3.05) is 31.5 Å². The van der Waals surface area contributed by atoms with Crippen LogP contribution in [0.5, 0.6) is 0 Å². The summed E-state index contributed by atoms with van der Waals surface area (Å²) in [4.78, 5) is 29.2. The Bertz CT molecular complexity index is 613. The lowest BCUT2D eigenvalue weighted by Gasteiger charge is -2.42. The molecular weight excluding hydrogens is 352 g/mol. The number of piperazine rings is 1. The number of rotatable bonds is 2. The molecule has 0 radical (unpaired) electrons. The minimum atomic E-state index is -0.120. The first kappa shape index (κ1) is 20.5. The Morgan fingerprint density at radius 2 is 1.88 bits per heavy atom. The summed E-state index contributed by atoms with van der Waals surface area (Å²) in [5.74, 6) is 0.0982. The van der Waals surface area contributed by atoms with Crippen LogP contribution in [0.3, 0.4) is 0 Å². The van der Waals surface area contributed by atoms with Gasteiger partial charge in [0.05, 0.1) is 5.92 Å². The van der Waals surface area contributed by atoms with Crippen LogP contribution in [0.2, 0.25) is 0 Å². The maximum absolute atomic E-state index is 13.0. The monoisotopic (exact) mass is 380 g/mol. The second kappa shape index (κ2) is 9.24. The number of carbonyl (C=O) groups excluding carboxylic acids is 2. The molecule has 1 aromatic carbocycles. The third-order valence-electron chi connectivity index (χ3n) is 5.40. The number of para-hydroxylation sites is 1. The van der Waals surface area contributed by atoms with Crippen molar-refractivity contribution in [2.24, 2.45) is 5.92 Å². The first-order valence-corrected chi connectivity index (χ1v) is 9.21. The molecule has 0 spiro atoms. The number of hydrogen-bond donors (Lipinski definition) is 2. The van der Waals surface area contributed by atoms with E-state index in [4.69, 9.17) is 0 Å². The van der Waals surface area contributed by atoms with E-state index < -0.39 is 0 Å². The van der Waals surface area contributed by atoms with Crippen molar-refractivity contribution in [3.05, 3.63) is 30.3 Å². The van der Waals surface area contributed by atoms with Gasteiger partial charge in [-0.3, -0.25) is 4.79 Å². The van der Waals surface area contributed by atoms with Crippen molar-refractivity contribution < 1.29 is 9.59 Å². The third-order valence-corrected chi connectivity index (χ3v) is 5.40. The second-order valence-electron chi connectivity index (χ2n) is 7.10. The van der Waals surface area contributed by atoms with Gasteiger partial charge in [-0.2, -0.15) is 0 Å².